The molecule has 4 heterocycles. The average molecular weight is 444 g/mol. The first-order valence-corrected chi connectivity index (χ1v) is 11.7. The summed E-state index contributed by atoms with van der Waals surface area (Å²) in [5, 5.41) is 10.1. The standard InChI is InChI=1S/C24H35N3O2.CH2O2/c1-18(2)10-13-27-16-21-20(22-9-11-24(21,17-27)29-22)15-26-23(28)8-4-3-6-19-7-5-12-25-14-19;2-1-3/h5,7,10,12,14,20-22H,3-4,6,8-9,11,13,15-17H2,1-2H3,(H,26,28);1H,(H,2,3)/t20-,21+,22+,24+;/m0./s1. The van der Waals surface area contributed by atoms with E-state index in [1.165, 1.54) is 17.6 Å². The molecule has 1 amide bonds. The van der Waals surface area contributed by atoms with Crippen LogP contribution < -0.4 is 5.32 Å². The molecule has 2 N–H and O–H groups in total. The van der Waals surface area contributed by atoms with E-state index in [1.807, 2.05) is 12.3 Å². The van der Waals surface area contributed by atoms with E-state index in [2.05, 4.69) is 41.2 Å². The minimum absolute atomic E-state index is 0.0548. The molecule has 3 fully saturated rings. The molecule has 0 aromatic carbocycles. The number of allylic oxidation sites excluding steroid dienone is 1. The van der Waals surface area contributed by atoms with Crippen LogP contribution in [-0.2, 0) is 20.7 Å². The van der Waals surface area contributed by atoms with E-state index in [1.54, 1.807) is 6.20 Å². The number of likely N-dealkylation sites (tertiary alicyclic amines) is 1. The van der Waals surface area contributed by atoms with Gasteiger partial charge in [0.2, 0.25) is 5.91 Å². The van der Waals surface area contributed by atoms with Gasteiger partial charge in [0.1, 0.15) is 0 Å². The molecule has 2 bridgehead atoms. The molecule has 1 aromatic heterocycles. The maximum atomic E-state index is 12.4. The molecule has 7 nitrogen and oxygen atoms in total. The molecular formula is C25H37N3O4. The summed E-state index contributed by atoms with van der Waals surface area (Å²) >= 11 is 0. The third-order valence-electron chi connectivity index (χ3n) is 6.99. The third kappa shape index (κ3) is 6.17. The number of rotatable bonds is 9. The lowest BCUT2D eigenvalue weighted by molar-refractivity contribution is -0.123. The number of aromatic nitrogens is 1. The van der Waals surface area contributed by atoms with Crippen LogP contribution in [0.2, 0.25) is 0 Å². The van der Waals surface area contributed by atoms with Gasteiger partial charge in [-0.1, -0.05) is 17.7 Å². The minimum atomic E-state index is -0.250. The first kappa shape index (κ1) is 24.4. The molecule has 3 aliphatic rings. The highest BCUT2D eigenvalue weighted by atomic mass is 16.5. The number of fused-ring (bicyclic) bond motifs is 1. The summed E-state index contributed by atoms with van der Waals surface area (Å²) in [5.41, 5.74) is 2.67. The maximum Gasteiger partial charge on any atom is 0.290 e. The average Bonchev–Trinajstić information content (AvgIpc) is 3.43. The predicted octanol–water partition coefficient (Wildman–Crippen LogP) is 3.06. The zero-order valence-electron chi connectivity index (χ0n) is 19.3. The molecule has 0 radical (unpaired) electrons. The number of amides is 1. The monoisotopic (exact) mass is 443 g/mol. The molecule has 3 aliphatic heterocycles. The van der Waals surface area contributed by atoms with Crippen molar-refractivity contribution < 1.29 is 19.4 Å². The van der Waals surface area contributed by atoms with Gasteiger partial charge in [0, 0.05) is 56.8 Å². The summed E-state index contributed by atoms with van der Waals surface area (Å²) in [6.45, 7) is 8.01. The molecular weight excluding hydrogens is 406 g/mol. The topological polar surface area (TPSA) is 91.8 Å². The fourth-order valence-electron chi connectivity index (χ4n) is 5.49. The van der Waals surface area contributed by atoms with E-state index in [9.17, 15) is 4.79 Å². The van der Waals surface area contributed by atoms with Crippen molar-refractivity contribution in [1.82, 2.24) is 15.2 Å². The summed E-state index contributed by atoms with van der Waals surface area (Å²) < 4.78 is 6.49. The van der Waals surface area contributed by atoms with Crippen LogP contribution in [0.25, 0.3) is 0 Å². The largest absolute Gasteiger partial charge is 0.483 e. The number of pyridine rings is 1. The van der Waals surface area contributed by atoms with Crippen LogP contribution in [0.4, 0.5) is 0 Å². The predicted molar refractivity (Wildman–Crippen MR) is 123 cm³/mol. The molecule has 32 heavy (non-hydrogen) atoms. The van der Waals surface area contributed by atoms with Gasteiger partial charge in [-0.3, -0.25) is 19.5 Å². The summed E-state index contributed by atoms with van der Waals surface area (Å²) in [6.07, 6.45) is 12.3. The van der Waals surface area contributed by atoms with Gasteiger partial charge >= 0.3 is 0 Å². The Balaban J connectivity index is 0.000000913. The van der Waals surface area contributed by atoms with Gasteiger partial charge < -0.3 is 15.2 Å². The number of carbonyl (C=O) groups is 2. The Bertz CT molecular complexity index is 781. The van der Waals surface area contributed by atoms with E-state index in [0.29, 0.717) is 24.4 Å². The van der Waals surface area contributed by atoms with Gasteiger partial charge in [-0.25, -0.2) is 0 Å². The molecule has 3 saturated heterocycles. The van der Waals surface area contributed by atoms with Crippen molar-refractivity contribution >= 4 is 12.4 Å². The van der Waals surface area contributed by atoms with Gasteiger partial charge in [0.25, 0.3) is 6.47 Å². The van der Waals surface area contributed by atoms with E-state index in [4.69, 9.17) is 14.6 Å². The van der Waals surface area contributed by atoms with Crippen molar-refractivity contribution in [2.75, 3.05) is 26.2 Å². The second-order valence-corrected chi connectivity index (χ2v) is 9.48. The normalized spacial score (nSPS) is 27.9. The number of ether oxygens (including phenoxy) is 1. The Labute approximate surface area is 191 Å². The second-order valence-electron chi connectivity index (χ2n) is 9.48. The summed E-state index contributed by atoms with van der Waals surface area (Å²) in [7, 11) is 0. The van der Waals surface area contributed by atoms with Crippen LogP contribution in [0, 0.1) is 11.8 Å². The Morgan fingerprint density at radius 3 is 2.94 bits per heavy atom. The zero-order valence-corrected chi connectivity index (χ0v) is 19.3. The van der Waals surface area contributed by atoms with Gasteiger partial charge in [0.15, 0.2) is 0 Å². The quantitative estimate of drug-likeness (QED) is 0.346. The van der Waals surface area contributed by atoms with E-state index < -0.39 is 0 Å². The molecule has 1 spiro atoms. The first-order chi connectivity index (χ1) is 15.5. The number of aryl methyl sites for hydroxylation is 1. The van der Waals surface area contributed by atoms with Crippen molar-refractivity contribution in [1.29, 1.82) is 0 Å². The van der Waals surface area contributed by atoms with Crippen molar-refractivity contribution in [2.24, 2.45) is 11.8 Å². The van der Waals surface area contributed by atoms with Crippen LogP contribution in [0.15, 0.2) is 36.2 Å². The highest BCUT2D eigenvalue weighted by Gasteiger charge is 2.62. The summed E-state index contributed by atoms with van der Waals surface area (Å²) in [4.78, 5) is 27.4. The van der Waals surface area contributed by atoms with Crippen molar-refractivity contribution in [3.05, 3.63) is 41.7 Å². The lowest BCUT2D eigenvalue weighted by Gasteiger charge is -2.29. The van der Waals surface area contributed by atoms with E-state index >= 15 is 0 Å². The minimum Gasteiger partial charge on any atom is -0.483 e. The van der Waals surface area contributed by atoms with Gasteiger partial charge in [-0.2, -0.15) is 0 Å². The Hall–Kier alpha value is -2.25. The maximum absolute atomic E-state index is 12.4. The molecule has 176 valence electrons. The second kappa shape index (κ2) is 11.6. The molecule has 0 aliphatic carbocycles. The van der Waals surface area contributed by atoms with Crippen molar-refractivity contribution in [3.8, 4) is 0 Å². The zero-order chi connectivity index (χ0) is 23.0. The van der Waals surface area contributed by atoms with Gasteiger partial charge in [0.05, 0.1) is 11.7 Å². The van der Waals surface area contributed by atoms with Gasteiger partial charge in [-0.05, 0) is 57.6 Å². The van der Waals surface area contributed by atoms with Crippen LogP contribution >= 0.6 is 0 Å². The molecule has 4 atom stereocenters. The Kier molecular flexibility index (Phi) is 8.82. The van der Waals surface area contributed by atoms with Crippen LogP contribution in [0.1, 0.15) is 51.5 Å². The summed E-state index contributed by atoms with van der Waals surface area (Å²) in [6, 6.07) is 4.07. The Morgan fingerprint density at radius 1 is 1.41 bits per heavy atom. The lowest BCUT2D eigenvalue weighted by atomic mass is 9.73. The lowest BCUT2D eigenvalue weighted by Crippen LogP contribution is -2.41. The third-order valence-corrected chi connectivity index (χ3v) is 6.99. The number of nitrogens with zero attached hydrogens (tertiary/aromatic N) is 2. The van der Waals surface area contributed by atoms with Crippen LogP contribution in [-0.4, -0.2) is 65.3 Å². The smallest absolute Gasteiger partial charge is 0.290 e. The number of carbonyl (C=O) groups excluding carboxylic acids is 1. The van der Waals surface area contributed by atoms with Crippen LogP contribution in [0.5, 0.6) is 0 Å². The SMILES string of the molecule is CC(C)=CCN1C[C@@H]2[C@H](CNC(=O)CCCCc3cccnc3)[C@H]3CC[C@]2(C1)O3.O=CO. The number of unbranched alkanes of at least 4 members (excludes halogenated alkanes) is 1. The Morgan fingerprint density at radius 2 is 2.22 bits per heavy atom. The molecule has 1 aromatic rings. The van der Waals surface area contributed by atoms with E-state index in [-0.39, 0.29) is 18.0 Å². The fraction of sp³-hybridized carbons (Fsp3) is 0.640. The van der Waals surface area contributed by atoms with Crippen molar-refractivity contribution in [2.45, 2.75) is 64.1 Å². The summed E-state index contributed by atoms with van der Waals surface area (Å²) in [5.74, 6) is 1.23. The highest BCUT2D eigenvalue weighted by Crippen LogP contribution is 2.54. The molecule has 7 heteroatoms. The molecule has 4 rings (SSSR count). The van der Waals surface area contributed by atoms with E-state index in [0.717, 1.165) is 51.9 Å². The number of hydrogen-bond acceptors (Lipinski definition) is 5. The van der Waals surface area contributed by atoms with Gasteiger partial charge in [-0.15, -0.1) is 0 Å². The number of hydrogen-bond donors (Lipinski definition) is 2. The number of carboxylic acid groups (broad SMARTS) is 1. The highest BCUT2D eigenvalue weighted by molar-refractivity contribution is 5.75. The van der Waals surface area contributed by atoms with Crippen LogP contribution in [0.3, 0.4) is 0 Å². The number of nitrogens with one attached hydrogen (secondary N) is 1. The molecule has 0 unspecified atom stereocenters. The van der Waals surface area contributed by atoms with Crippen molar-refractivity contribution in [3.63, 3.8) is 0 Å². The fourth-order valence-corrected chi connectivity index (χ4v) is 5.49. The first-order valence-electron chi connectivity index (χ1n) is 11.7. The molecule has 0 saturated carbocycles.